The van der Waals surface area contributed by atoms with Gasteiger partial charge in [-0.05, 0) is 55.4 Å². The Bertz CT molecular complexity index is 555. The van der Waals surface area contributed by atoms with Crippen LogP contribution in [-0.4, -0.2) is 30.1 Å². The first kappa shape index (κ1) is 21.0. The van der Waals surface area contributed by atoms with Gasteiger partial charge in [0.25, 0.3) is 0 Å². The number of ether oxygens (including phenoxy) is 1. The third-order valence-corrected chi connectivity index (χ3v) is 4.07. The minimum Gasteiger partial charge on any atom is -0.494 e. The van der Waals surface area contributed by atoms with E-state index in [9.17, 15) is 9.59 Å². The number of carboxylic acids is 1. The number of unbranched alkanes of at least 4 members (excludes halogenated alkanes) is 2. The van der Waals surface area contributed by atoms with Gasteiger partial charge in [-0.3, -0.25) is 9.59 Å². The molecular weight excluding hydrogens is 318 g/mol. The van der Waals surface area contributed by atoms with Gasteiger partial charge in [-0.15, -0.1) is 0 Å². The summed E-state index contributed by atoms with van der Waals surface area (Å²) in [6, 6.07) is 6.14. The first-order valence-corrected chi connectivity index (χ1v) is 9.12. The molecular formula is C20H31NO4. The third-order valence-electron chi connectivity index (χ3n) is 4.07. The molecule has 0 saturated heterocycles. The highest BCUT2D eigenvalue weighted by atomic mass is 16.5. The number of carboxylic acid groups (broad SMARTS) is 1. The summed E-state index contributed by atoms with van der Waals surface area (Å²) in [5, 5.41) is 11.4. The summed E-state index contributed by atoms with van der Waals surface area (Å²) in [6.45, 7) is 7.56. The van der Waals surface area contributed by atoms with E-state index in [0.29, 0.717) is 38.3 Å². The number of aryl methyl sites for hydroxylation is 1. The first-order chi connectivity index (χ1) is 11.9. The Balaban J connectivity index is 2.11. The molecule has 2 N–H and O–H groups in total. The molecule has 0 saturated carbocycles. The van der Waals surface area contributed by atoms with Crippen molar-refractivity contribution in [3.8, 4) is 5.75 Å². The van der Waals surface area contributed by atoms with Crippen molar-refractivity contribution in [3.63, 3.8) is 0 Å². The molecule has 0 spiro atoms. The largest absolute Gasteiger partial charge is 0.494 e. The van der Waals surface area contributed by atoms with Crippen LogP contribution in [0.25, 0.3) is 0 Å². The molecule has 5 nitrogen and oxygen atoms in total. The zero-order chi connectivity index (χ0) is 18.7. The lowest BCUT2D eigenvalue weighted by Crippen LogP contribution is -2.24. The van der Waals surface area contributed by atoms with Crippen molar-refractivity contribution >= 4 is 11.9 Å². The first-order valence-electron chi connectivity index (χ1n) is 9.12. The molecule has 0 aliphatic heterocycles. The number of aliphatic carboxylic acids is 1. The van der Waals surface area contributed by atoms with Gasteiger partial charge < -0.3 is 15.2 Å². The molecule has 0 radical (unpaired) electrons. The van der Waals surface area contributed by atoms with E-state index in [4.69, 9.17) is 9.84 Å². The zero-order valence-electron chi connectivity index (χ0n) is 15.6. The fourth-order valence-electron chi connectivity index (χ4n) is 2.70. The van der Waals surface area contributed by atoms with E-state index in [2.05, 4.69) is 32.2 Å². The predicted molar refractivity (Wildman–Crippen MR) is 99.1 cm³/mol. The molecule has 25 heavy (non-hydrogen) atoms. The normalized spacial score (nSPS) is 10.7. The van der Waals surface area contributed by atoms with E-state index >= 15 is 0 Å². The van der Waals surface area contributed by atoms with Crippen LogP contribution in [0.5, 0.6) is 5.75 Å². The topological polar surface area (TPSA) is 75.6 Å². The number of nitrogens with one attached hydrogen (secondary N) is 1. The van der Waals surface area contributed by atoms with Crippen LogP contribution in [0, 0.1) is 6.92 Å². The molecule has 1 aromatic rings. The smallest absolute Gasteiger partial charge is 0.303 e. The monoisotopic (exact) mass is 349 g/mol. The van der Waals surface area contributed by atoms with Crippen LogP contribution in [0.2, 0.25) is 0 Å². The van der Waals surface area contributed by atoms with Crippen LogP contribution >= 0.6 is 0 Å². The average Bonchev–Trinajstić information content (AvgIpc) is 2.54. The minimum absolute atomic E-state index is 0.0215. The average molecular weight is 349 g/mol. The molecule has 140 valence electrons. The van der Waals surface area contributed by atoms with Gasteiger partial charge in [0.2, 0.25) is 5.91 Å². The molecule has 5 heteroatoms. The van der Waals surface area contributed by atoms with Crippen LogP contribution in [0.15, 0.2) is 18.2 Å². The second-order valence-corrected chi connectivity index (χ2v) is 6.68. The standard InChI is InChI=1S/C20H31NO4/c1-15(2)18-11-10-17(14-16(18)3)25-13-7-8-19(22)21-12-6-4-5-9-20(23)24/h10-11,14-15H,4-9,12-13H2,1-3H3,(H,21,22)(H,23,24). The maximum atomic E-state index is 11.7. The van der Waals surface area contributed by atoms with Crippen LogP contribution in [-0.2, 0) is 9.59 Å². The number of rotatable bonds is 12. The molecule has 0 aliphatic rings. The Kier molecular flexibility index (Phi) is 9.66. The van der Waals surface area contributed by atoms with Gasteiger partial charge in [0.1, 0.15) is 5.75 Å². The molecule has 0 heterocycles. The maximum absolute atomic E-state index is 11.7. The molecule has 0 unspecified atom stereocenters. The summed E-state index contributed by atoms with van der Waals surface area (Å²) in [7, 11) is 0. The lowest BCUT2D eigenvalue weighted by Gasteiger charge is -2.12. The molecule has 0 bridgehead atoms. The molecule has 0 aromatic heterocycles. The summed E-state index contributed by atoms with van der Waals surface area (Å²) in [5.74, 6) is 0.605. The number of hydrogen-bond donors (Lipinski definition) is 2. The van der Waals surface area contributed by atoms with Gasteiger partial charge in [0, 0.05) is 19.4 Å². The van der Waals surface area contributed by atoms with E-state index in [1.165, 1.54) is 11.1 Å². The van der Waals surface area contributed by atoms with Gasteiger partial charge in [-0.1, -0.05) is 26.3 Å². The van der Waals surface area contributed by atoms with Crippen molar-refractivity contribution in [1.82, 2.24) is 5.32 Å². The van der Waals surface area contributed by atoms with Gasteiger partial charge in [0.05, 0.1) is 6.61 Å². The summed E-state index contributed by atoms with van der Waals surface area (Å²) in [6.07, 6.45) is 3.61. The van der Waals surface area contributed by atoms with Crippen molar-refractivity contribution in [1.29, 1.82) is 0 Å². The maximum Gasteiger partial charge on any atom is 0.303 e. The Labute approximate surface area is 150 Å². The molecule has 0 aliphatic carbocycles. The molecule has 1 aromatic carbocycles. The third kappa shape index (κ3) is 9.13. The van der Waals surface area contributed by atoms with E-state index in [-0.39, 0.29) is 12.3 Å². The molecule has 0 fully saturated rings. The van der Waals surface area contributed by atoms with Gasteiger partial charge in [0.15, 0.2) is 0 Å². The van der Waals surface area contributed by atoms with Crippen molar-refractivity contribution < 1.29 is 19.4 Å². The Morgan fingerprint density at radius 3 is 2.52 bits per heavy atom. The molecule has 1 amide bonds. The van der Waals surface area contributed by atoms with Gasteiger partial charge in [-0.2, -0.15) is 0 Å². The second-order valence-electron chi connectivity index (χ2n) is 6.68. The van der Waals surface area contributed by atoms with Crippen molar-refractivity contribution in [3.05, 3.63) is 29.3 Å². The predicted octanol–water partition coefficient (Wildman–Crippen LogP) is 4.04. The lowest BCUT2D eigenvalue weighted by molar-refractivity contribution is -0.137. The van der Waals surface area contributed by atoms with Crippen LogP contribution < -0.4 is 10.1 Å². The van der Waals surface area contributed by atoms with Crippen molar-refractivity contribution in [2.24, 2.45) is 0 Å². The highest BCUT2D eigenvalue weighted by molar-refractivity contribution is 5.75. The van der Waals surface area contributed by atoms with E-state index in [0.717, 1.165) is 18.6 Å². The summed E-state index contributed by atoms with van der Waals surface area (Å²) >= 11 is 0. The number of carbonyl (C=O) groups is 2. The van der Waals surface area contributed by atoms with Crippen molar-refractivity contribution in [2.45, 2.75) is 65.2 Å². The molecule has 1 rings (SSSR count). The number of benzene rings is 1. The summed E-state index contributed by atoms with van der Waals surface area (Å²) in [4.78, 5) is 22.1. The Morgan fingerprint density at radius 1 is 1.12 bits per heavy atom. The summed E-state index contributed by atoms with van der Waals surface area (Å²) < 4.78 is 5.72. The second kappa shape index (κ2) is 11.5. The van der Waals surface area contributed by atoms with E-state index < -0.39 is 5.97 Å². The zero-order valence-corrected chi connectivity index (χ0v) is 15.6. The van der Waals surface area contributed by atoms with E-state index in [1.807, 2.05) is 12.1 Å². The SMILES string of the molecule is Cc1cc(OCCCC(=O)NCCCCCC(=O)O)ccc1C(C)C. The minimum atomic E-state index is -0.766. The van der Waals surface area contributed by atoms with E-state index in [1.54, 1.807) is 0 Å². The highest BCUT2D eigenvalue weighted by Crippen LogP contribution is 2.23. The number of carbonyl (C=O) groups excluding carboxylic acids is 1. The fraction of sp³-hybridized carbons (Fsp3) is 0.600. The van der Waals surface area contributed by atoms with Gasteiger partial charge >= 0.3 is 5.97 Å². The van der Waals surface area contributed by atoms with Crippen LogP contribution in [0.4, 0.5) is 0 Å². The Morgan fingerprint density at radius 2 is 1.88 bits per heavy atom. The van der Waals surface area contributed by atoms with Crippen molar-refractivity contribution in [2.75, 3.05) is 13.2 Å². The van der Waals surface area contributed by atoms with Crippen LogP contribution in [0.1, 0.15) is 69.4 Å². The summed E-state index contributed by atoms with van der Waals surface area (Å²) in [5.41, 5.74) is 2.56. The Hall–Kier alpha value is -2.04. The number of hydrogen-bond acceptors (Lipinski definition) is 3. The lowest BCUT2D eigenvalue weighted by atomic mass is 9.98. The van der Waals surface area contributed by atoms with Crippen LogP contribution in [0.3, 0.4) is 0 Å². The highest BCUT2D eigenvalue weighted by Gasteiger charge is 2.05. The molecule has 0 atom stereocenters. The number of amides is 1. The fourth-order valence-corrected chi connectivity index (χ4v) is 2.70. The van der Waals surface area contributed by atoms with Gasteiger partial charge in [-0.25, -0.2) is 0 Å². The quantitative estimate of drug-likeness (QED) is 0.559.